The summed E-state index contributed by atoms with van der Waals surface area (Å²) < 4.78 is 10.8. The topological polar surface area (TPSA) is 76.1 Å². The molecular formula is C14H23NO5. The van der Waals surface area contributed by atoms with Gasteiger partial charge in [-0.15, -0.1) is 0 Å². The average Bonchev–Trinajstić information content (AvgIpc) is 2.68. The SMILES string of the molecule is CC(C)(C)OC(=O)N1C[C@]2(CCCOC2)C[C@H]1C(=O)O. The number of aliphatic carboxylic acids is 1. The summed E-state index contributed by atoms with van der Waals surface area (Å²) in [7, 11) is 0. The smallest absolute Gasteiger partial charge is 0.411 e. The number of carbonyl (C=O) groups excluding carboxylic acids is 1. The highest BCUT2D eigenvalue weighted by Gasteiger charge is 2.50. The third-order valence-electron chi connectivity index (χ3n) is 3.83. The van der Waals surface area contributed by atoms with Gasteiger partial charge >= 0.3 is 12.1 Å². The van der Waals surface area contributed by atoms with Gasteiger partial charge in [-0.05, 0) is 40.0 Å². The Hall–Kier alpha value is -1.30. The van der Waals surface area contributed by atoms with Crippen molar-refractivity contribution < 1.29 is 24.2 Å². The van der Waals surface area contributed by atoms with Crippen LogP contribution < -0.4 is 0 Å². The van der Waals surface area contributed by atoms with Crippen LogP contribution in [0.15, 0.2) is 0 Å². The van der Waals surface area contributed by atoms with Gasteiger partial charge in [-0.3, -0.25) is 4.90 Å². The molecule has 2 aliphatic heterocycles. The van der Waals surface area contributed by atoms with Gasteiger partial charge in [0.2, 0.25) is 0 Å². The van der Waals surface area contributed by atoms with Gasteiger partial charge in [-0.2, -0.15) is 0 Å². The van der Waals surface area contributed by atoms with E-state index in [1.165, 1.54) is 4.90 Å². The van der Waals surface area contributed by atoms with Crippen LogP contribution in [0.25, 0.3) is 0 Å². The van der Waals surface area contributed by atoms with E-state index in [0.717, 1.165) is 12.8 Å². The van der Waals surface area contributed by atoms with Gasteiger partial charge in [0.1, 0.15) is 11.6 Å². The second-order valence-corrected chi connectivity index (χ2v) is 6.82. The predicted molar refractivity (Wildman–Crippen MR) is 71.5 cm³/mol. The minimum absolute atomic E-state index is 0.224. The quantitative estimate of drug-likeness (QED) is 0.796. The second-order valence-electron chi connectivity index (χ2n) is 6.82. The third-order valence-corrected chi connectivity index (χ3v) is 3.83. The summed E-state index contributed by atoms with van der Waals surface area (Å²) in [6, 6.07) is -0.813. The first kappa shape index (κ1) is 15.1. The minimum Gasteiger partial charge on any atom is -0.480 e. The van der Waals surface area contributed by atoms with Crippen molar-refractivity contribution in [2.45, 2.75) is 51.7 Å². The van der Waals surface area contributed by atoms with Crippen LogP contribution in [0.2, 0.25) is 0 Å². The summed E-state index contributed by atoms with van der Waals surface area (Å²) in [6.45, 7) is 6.96. The summed E-state index contributed by atoms with van der Waals surface area (Å²) in [6.07, 6.45) is 1.71. The highest BCUT2D eigenvalue weighted by atomic mass is 16.6. The van der Waals surface area contributed by atoms with Crippen molar-refractivity contribution in [3.63, 3.8) is 0 Å². The largest absolute Gasteiger partial charge is 0.480 e. The Labute approximate surface area is 119 Å². The van der Waals surface area contributed by atoms with Crippen molar-refractivity contribution in [3.05, 3.63) is 0 Å². The number of hydrogen-bond acceptors (Lipinski definition) is 4. The molecule has 2 fully saturated rings. The summed E-state index contributed by atoms with van der Waals surface area (Å²) in [5.74, 6) is -0.974. The fourth-order valence-corrected chi connectivity index (χ4v) is 2.99. The molecule has 6 nitrogen and oxygen atoms in total. The number of hydrogen-bond donors (Lipinski definition) is 1. The van der Waals surface area contributed by atoms with E-state index in [1.54, 1.807) is 20.8 Å². The van der Waals surface area contributed by atoms with Crippen LogP contribution in [-0.2, 0) is 14.3 Å². The Morgan fingerprint density at radius 3 is 2.60 bits per heavy atom. The van der Waals surface area contributed by atoms with Gasteiger partial charge in [0.25, 0.3) is 0 Å². The van der Waals surface area contributed by atoms with E-state index < -0.39 is 23.7 Å². The van der Waals surface area contributed by atoms with Crippen molar-refractivity contribution in [2.75, 3.05) is 19.8 Å². The maximum absolute atomic E-state index is 12.2. The molecule has 0 aromatic rings. The Morgan fingerprint density at radius 2 is 2.10 bits per heavy atom. The highest BCUT2D eigenvalue weighted by molar-refractivity contribution is 5.81. The number of carboxylic acids is 1. The van der Waals surface area contributed by atoms with Crippen molar-refractivity contribution in [3.8, 4) is 0 Å². The molecule has 0 aromatic carbocycles. The van der Waals surface area contributed by atoms with Crippen molar-refractivity contribution >= 4 is 12.1 Å². The molecule has 0 unspecified atom stereocenters. The van der Waals surface area contributed by atoms with Gasteiger partial charge < -0.3 is 14.6 Å². The first-order chi connectivity index (χ1) is 9.22. The molecule has 6 heteroatoms. The first-order valence-corrected chi connectivity index (χ1v) is 7.03. The molecule has 1 amide bonds. The molecule has 2 saturated heterocycles. The Morgan fingerprint density at radius 1 is 1.40 bits per heavy atom. The predicted octanol–water partition coefficient (Wildman–Crippen LogP) is 1.88. The molecule has 114 valence electrons. The van der Waals surface area contributed by atoms with Gasteiger partial charge in [0.15, 0.2) is 0 Å². The number of carboxylic acid groups (broad SMARTS) is 1. The summed E-state index contributed by atoms with van der Waals surface area (Å²) in [4.78, 5) is 25.0. The lowest BCUT2D eigenvalue weighted by molar-refractivity contribution is -0.142. The molecule has 2 rings (SSSR count). The molecule has 20 heavy (non-hydrogen) atoms. The van der Waals surface area contributed by atoms with E-state index in [0.29, 0.717) is 26.2 Å². The molecule has 0 aromatic heterocycles. The van der Waals surface area contributed by atoms with E-state index in [9.17, 15) is 14.7 Å². The average molecular weight is 285 g/mol. The monoisotopic (exact) mass is 285 g/mol. The van der Waals surface area contributed by atoms with Crippen LogP contribution in [0.3, 0.4) is 0 Å². The van der Waals surface area contributed by atoms with E-state index in [4.69, 9.17) is 9.47 Å². The van der Waals surface area contributed by atoms with Crippen LogP contribution in [0.5, 0.6) is 0 Å². The Balaban J connectivity index is 2.13. The zero-order valence-electron chi connectivity index (χ0n) is 12.3. The molecule has 2 atom stereocenters. The number of nitrogens with zero attached hydrogens (tertiary/aromatic N) is 1. The molecule has 2 aliphatic rings. The van der Waals surface area contributed by atoms with Crippen molar-refractivity contribution in [1.82, 2.24) is 4.90 Å². The second kappa shape index (κ2) is 5.24. The number of likely N-dealkylation sites (tertiary alicyclic amines) is 1. The van der Waals surface area contributed by atoms with E-state index in [1.807, 2.05) is 0 Å². The van der Waals surface area contributed by atoms with Crippen molar-refractivity contribution in [2.24, 2.45) is 5.41 Å². The van der Waals surface area contributed by atoms with Crippen LogP contribution >= 0.6 is 0 Å². The van der Waals surface area contributed by atoms with Crippen LogP contribution in [0.4, 0.5) is 4.79 Å². The number of carbonyl (C=O) groups is 2. The van der Waals surface area contributed by atoms with Crippen molar-refractivity contribution in [1.29, 1.82) is 0 Å². The normalized spacial score (nSPS) is 30.6. The summed E-state index contributed by atoms with van der Waals surface area (Å²) >= 11 is 0. The van der Waals surface area contributed by atoms with E-state index in [2.05, 4.69) is 0 Å². The summed E-state index contributed by atoms with van der Waals surface area (Å²) in [5, 5.41) is 9.35. The standard InChI is InChI=1S/C14H23NO5/c1-13(2,3)20-12(18)15-8-14(5-4-6-19-9-14)7-10(15)11(16)17/h10H,4-9H2,1-3H3,(H,16,17)/t10-,14-/m0/s1. The molecule has 0 saturated carbocycles. The number of amides is 1. The number of rotatable bonds is 1. The zero-order chi connectivity index (χ0) is 15.0. The zero-order valence-corrected chi connectivity index (χ0v) is 12.3. The fraction of sp³-hybridized carbons (Fsp3) is 0.857. The summed E-state index contributed by atoms with van der Waals surface area (Å²) in [5.41, 5.74) is -0.850. The van der Waals surface area contributed by atoms with E-state index >= 15 is 0 Å². The highest BCUT2D eigenvalue weighted by Crippen LogP contribution is 2.41. The molecule has 0 radical (unpaired) electrons. The molecule has 0 bridgehead atoms. The van der Waals surface area contributed by atoms with Gasteiger partial charge in [0, 0.05) is 18.6 Å². The van der Waals surface area contributed by atoms with Crippen LogP contribution in [-0.4, -0.2) is 53.5 Å². The third kappa shape index (κ3) is 3.23. The molecular weight excluding hydrogens is 262 g/mol. The Bertz CT molecular complexity index is 395. The van der Waals surface area contributed by atoms with Crippen LogP contribution in [0, 0.1) is 5.41 Å². The maximum Gasteiger partial charge on any atom is 0.411 e. The van der Waals surface area contributed by atoms with Gasteiger partial charge in [0.05, 0.1) is 6.61 Å². The molecule has 0 aliphatic carbocycles. The molecule has 1 N–H and O–H groups in total. The lowest BCUT2D eigenvalue weighted by Crippen LogP contribution is -2.44. The van der Waals surface area contributed by atoms with E-state index in [-0.39, 0.29) is 5.41 Å². The molecule has 1 spiro atoms. The number of ether oxygens (including phenoxy) is 2. The maximum atomic E-state index is 12.2. The van der Waals surface area contributed by atoms with Gasteiger partial charge in [-0.25, -0.2) is 9.59 Å². The fourth-order valence-electron chi connectivity index (χ4n) is 2.99. The first-order valence-electron chi connectivity index (χ1n) is 7.03. The Kier molecular flexibility index (Phi) is 3.95. The van der Waals surface area contributed by atoms with Crippen LogP contribution in [0.1, 0.15) is 40.0 Å². The lowest BCUT2D eigenvalue weighted by atomic mass is 9.80. The lowest BCUT2D eigenvalue weighted by Gasteiger charge is -2.33. The van der Waals surface area contributed by atoms with Gasteiger partial charge in [-0.1, -0.05) is 0 Å². The molecule has 2 heterocycles. The minimum atomic E-state index is -0.974.